The number of halogens is 2. The number of aliphatic hydroxyl groups is 1. The molecular formula is C10H12ClFO. The van der Waals surface area contributed by atoms with E-state index in [0.29, 0.717) is 11.4 Å². The normalized spacial score (nSPS) is 13.0. The quantitative estimate of drug-likeness (QED) is 0.782. The molecule has 0 aromatic heterocycles. The molecule has 0 saturated carbocycles. The largest absolute Gasteiger partial charge is 0.393 e. The van der Waals surface area contributed by atoms with Gasteiger partial charge >= 0.3 is 0 Å². The Bertz CT molecular complexity index is 310. The highest BCUT2D eigenvalue weighted by Gasteiger charge is 2.07. The fourth-order valence-electron chi connectivity index (χ4n) is 1.23. The van der Waals surface area contributed by atoms with E-state index >= 15 is 0 Å². The summed E-state index contributed by atoms with van der Waals surface area (Å²) in [6.07, 6.45) is -0.0416. The lowest BCUT2D eigenvalue weighted by Gasteiger charge is -2.09. The number of rotatable bonds is 2. The molecule has 1 rings (SSSR count). The van der Waals surface area contributed by atoms with Crippen LogP contribution in [0.15, 0.2) is 12.1 Å². The first-order valence-corrected chi connectivity index (χ1v) is 4.51. The van der Waals surface area contributed by atoms with Crippen LogP contribution in [-0.4, -0.2) is 11.2 Å². The second kappa shape index (κ2) is 4.07. The van der Waals surface area contributed by atoms with Crippen molar-refractivity contribution in [1.82, 2.24) is 0 Å². The summed E-state index contributed by atoms with van der Waals surface area (Å²) in [6.45, 7) is 3.48. The molecule has 0 radical (unpaired) electrons. The number of benzene rings is 1. The van der Waals surface area contributed by atoms with E-state index < -0.39 is 6.10 Å². The maximum atomic E-state index is 12.9. The molecule has 3 heteroatoms. The van der Waals surface area contributed by atoms with Crippen molar-refractivity contribution in [2.45, 2.75) is 26.4 Å². The SMILES string of the molecule is Cc1c(Cl)cc(F)cc1CC(C)O. The zero-order valence-corrected chi connectivity index (χ0v) is 8.40. The Labute approximate surface area is 82.2 Å². The van der Waals surface area contributed by atoms with Crippen LogP contribution in [0.1, 0.15) is 18.1 Å². The summed E-state index contributed by atoms with van der Waals surface area (Å²) in [4.78, 5) is 0. The van der Waals surface area contributed by atoms with Gasteiger partial charge in [-0.05, 0) is 43.5 Å². The molecule has 1 N–H and O–H groups in total. The van der Waals surface area contributed by atoms with Crippen molar-refractivity contribution in [2.75, 3.05) is 0 Å². The van der Waals surface area contributed by atoms with Gasteiger partial charge in [0.05, 0.1) is 6.10 Å². The fraction of sp³-hybridized carbons (Fsp3) is 0.400. The Balaban J connectivity index is 3.05. The minimum atomic E-state index is -0.475. The molecule has 72 valence electrons. The molecule has 0 spiro atoms. The standard InChI is InChI=1S/C10H12ClFO/c1-6(13)3-8-4-9(12)5-10(11)7(8)2/h4-6,13H,3H2,1-2H3. The number of hydrogen-bond acceptors (Lipinski definition) is 1. The molecular weight excluding hydrogens is 191 g/mol. The molecule has 1 aromatic rings. The molecule has 1 aromatic carbocycles. The third-order valence-electron chi connectivity index (χ3n) is 1.93. The maximum absolute atomic E-state index is 12.9. The molecule has 0 bridgehead atoms. The molecule has 0 fully saturated rings. The van der Waals surface area contributed by atoms with Crippen LogP contribution in [0.4, 0.5) is 4.39 Å². The predicted octanol–water partition coefficient (Wildman–Crippen LogP) is 2.71. The average molecular weight is 203 g/mol. The summed E-state index contributed by atoms with van der Waals surface area (Å²) < 4.78 is 12.9. The highest BCUT2D eigenvalue weighted by Crippen LogP contribution is 2.21. The van der Waals surface area contributed by atoms with Gasteiger partial charge in [-0.3, -0.25) is 0 Å². The first kappa shape index (κ1) is 10.5. The van der Waals surface area contributed by atoms with E-state index in [2.05, 4.69) is 0 Å². The smallest absolute Gasteiger partial charge is 0.124 e. The minimum absolute atomic E-state index is 0.355. The molecule has 1 nitrogen and oxygen atoms in total. The average Bonchev–Trinajstić information content (AvgIpc) is 1.98. The molecule has 0 saturated heterocycles. The van der Waals surface area contributed by atoms with Gasteiger partial charge < -0.3 is 5.11 Å². The van der Waals surface area contributed by atoms with Crippen LogP contribution in [0.25, 0.3) is 0 Å². The lowest BCUT2D eigenvalue weighted by molar-refractivity contribution is 0.195. The van der Waals surface area contributed by atoms with Gasteiger partial charge in [0.2, 0.25) is 0 Å². The van der Waals surface area contributed by atoms with Crippen molar-refractivity contribution in [3.8, 4) is 0 Å². The summed E-state index contributed by atoms with van der Waals surface area (Å²) in [5, 5.41) is 9.56. The van der Waals surface area contributed by atoms with E-state index in [0.717, 1.165) is 11.1 Å². The van der Waals surface area contributed by atoms with Crippen molar-refractivity contribution in [2.24, 2.45) is 0 Å². The van der Waals surface area contributed by atoms with Crippen LogP contribution in [0.3, 0.4) is 0 Å². The Morgan fingerprint density at radius 2 is 2.15 bits per heavy atom. The van der Waals surface area contributed by atoms with Gasteiger partial charge in [0.25, 0.3) is 0 Å². The van der Waals surface area contributed by atoms with Gasteiger partial charge in [-0.25, -0.2) is 4.39 Å². The lowest BCUT2D eigenvalue weighted by Crippen LogP contribution is -2.06. The van der Waals surface area contributed by atoms with Crippen LogP contribution in [-0.2, 0) is 6.42 Å². The van der Waals surface area contributed by atoms with Gasteiger partial charge in [-0.1, -0.05) is 11.6 Å². The molecule has 0 aliphatic heterocycles. The highest BCUT2D eigenvalue weighted by molar-refractivity contribution is 6.31. The van der Waals surface area contributed by atoms with Gasteiger partial charge in [0.15, 0.2) is 0 Å². The third-order valence-corrected chi connectivity index (χ3v) is 2.32. The second-order valence-corrected chi connectivity index (χ2v) is 3.63. The van der Waals surface area contributed by atoms with Crippen molar-refractivity contribution in [3.63, 3.8) is 0 Å². The first-order valence-electron chi connectivity index (χ1n) is 4.13. The first-order chi connectivity index (χ1) is 6.00. The zero-order chi connectivity index (χ0) is 10.0. The Hall–Kier alpha value is -0.600. The van der Waals surface area contributed by atoms with E-state index in [1.165, 1.54) is 12.1 Å². The van der Waals surface area contributed by atoms with Crippen LogP contribution in [0.2, 0.25) is 5.02 Å². The lowest BCUT2D eigenvalue weighted by atomic mass is 10.0. The summed E-state index contributed by atoms with van der Waals surface area (Å²) in [5.74, 6) is -0.355. The Morgan fingerprint density at radius 3 is 2.69 bits per heavy atom. The van der Waals surface area contributed by atoms with Gasteiger partial charge in [0.1, 0.15) is 5.82 Å². The topological polar surface area (TPSA) is 20.2 Å². The van der Waals surface area contributed by atoms with E-state index in [-0.39, 0.29) is 5.82 Å². The number of aliphatic hydroxyl groups excluding tert-OH is 1. The van der Waals surface area contributed by atoms with Crippen molar-refractivity contribution < 1.29 is 9.50 Å². The summed E-state index contributed by atoms with van der Waals surface area (Å²) in [6, 6.07) is 2.69. The van der Waals surface area contributed by atoms with Crippen molar-refractivity contribution >= 4 is 11.6 Å². The van der Waals surface area contributed by atoms with E-state index in [1.54, 1.807) is 6.92 Å². The zero-order valence-electron chi connectivity index (χ0n) is 7.64. The van der Waals surface area contributed by atoms with Crippen molar-refractivity contribution in [3.05, 3.63) is 34.1 Å². The second-order valence-electron chi connectivity index (χ2n) is 3.22. The van der Waals surface area contributed by atoms with Crippen LogP contribution < -0.4 is 0 Å². The molecule has 1 atom stereocenters. The Morgan fingerprint density at radius 1 is 1.54 bits per heavy atom. The number of hydrogen-bond donors (Lipinski definition) is 1. The van der Waals surface area contributed by atoms with Gasteiger partial charge in [0, 0.05) is 5.02 Å². The summed E-state index contributed by atoms with van der Waals surface area (Å²) in [5.41, 5.74) is 1.60. The molecule has 0 aliphatic rings. The fourth-order valence-corrected chi connectivity index (χ4v) is 1.45. The summed E-state index contributed by atoms with van der Waals surface area (Å²) in [7, 11) is 0. The highest BCUT2D eigenvalue weighted by atomic mass is 35.5. The third kappa shape index (κ3) is 2.68. The monoisotopic (exact) mass is 202 g/mol. The van der Waals surface area contributed by atoms with Gasteiger partial charge in [-0.2, -0.15) is 0 Å². The predicted molar refractivity (Wildman–Crippen MR) is 51.5 cm³/mol. The molecule has 0 amide bonds. The molecule has 0 heterocycles. The van der Waals surface area contributed by atoms with Crippen LogP contribution in [0.5, 0.6) is 0 Å². The van der Waals surface area contributed by atoms with E-state index in [1.807, 2.05) is 6.92 Å². The van der Waals surface area contributed by atoms with E-state index in [4.69, 9.17) is 16.7 Å². The minimum Gasteiger partial charge on any atom is -0.393 e. The van der Waals surface area contributed by atoms with Gasteiger partial charge in [-0.15, -0.1) is 0 Å². The summed E-state index contributed by atoms with van der Waals surface area (Å²) >= 11 is 5.78. The molecule has 0 aliphatic carbocycles. The van der Waals surface area contributed by atoms with Crippen LogP contribution in [0, 0.1) is 12.7 Å². The molecule has 13 heavy (non-hydrogen) atoms. The molecule has 1 unspecified atom stereocenters. The van der Waals surface area contributed by atoms with E-state index in [9.17, 15) is 4.39 Å². The maximum Gasteiger partial charge on any atom is 0.124 e. The van der Waals surface area contributed by atoms with Crippen LogP contribution >= 0.6 is 11.6 Å². The van der Waals surface area contributed by atoms with Crippen molar-refractivity contribution in [1.29, 1.82) is 0 Å². The Kier molecular flexibility index (Phi) is 3.28.